The second-order valence-corrected chi connectivity index (χ2v) is 7.79. The zero-order chi connectivity index (χ0) is 17.2. The van der Waals surface area contributed by atoms with Gasteiger partial charge in [-0.2, -0.15) is 13.2 Å². The van der Waals surface area contributed by atoms with E-state index in [0.29, 0.717) is 18.5 Å². The molecule has 0 saturated heterocycles. The molecule has 0 aliphatic carbocycles. The smallest absolute Gasteiger partial charge is 0.493 e. The van der Waals surface area contributed by atoms with Gasteiger partial charge in [-0.05, 0) is 36.1 Å². The van der Waals surface area contributed by atoms with Crippen LogP contribution in [-0.4, -0.2) is 27.1 Å². The molecule has 0 unspecified atom stereocenters. The minimum atomic E-state index is -5.40. The molecule has 0 amide bonds. The fourth-order valence-electron chi connectivity index (χ4n) is 1.81. The van der Waals surface area contributed by atoms with Crippen molar-refractivity contribution in [2.45, 2.75) is 43.0 Å². The van der Waals surface area contributed by atoms with E-state index in [1.165, 1.54) is 6.07 Å². The molecule has 0 radical (unpaired) electrons. The zero-order valence-electron chi connectivity index (χ0n) is 12.7. The highest BCUT2D eigenvalue weighted by atomic mass is 32.2. The first-order valence-electron chi connectivity index (χ1n) is 6.70. The molecule has 0 fully saturated rings. The number of halogens is 3. The van der Waals surface area contributed by atoms with Crippen molar-refractivity contribution in [1.29, 1.82) is 0 Å². The topological polar surface area (TPSA) is 69.4 Å². The maximum absolute atomic E-state index is 12.6. The van der Waals surface area contributed by atoms with Gasteiger partial charge in [0.05, 0.1) is 11.5 Å². The van der Waals surface area contributed by atoms with Gasteiger partial charge >= 0.3 is 5.51 Å². The summed E-state index contributed by atoms with van der Waals surface area (Å²) >= 11 is 0. The van der Waals surface area contributed by atoms with E-state index in [1.807, 2.05) is 20.8 Å². The minimum Gasteiger partial charge on any atom is -0.493 e. The van der Waals surface area contributed by atoms with Crippen LogP contribution in [0.1, 0.15) is 32.8 Å². The van der Waals surface area contributed by atoms with E-state index in [1.54, 1.807) is 0 Å². The highest BCUT2D eigenvalue weighted by molar-refractivity contribution is 7.92. The maximum Gasteiger partial charge on any atom is 0.501 e. The molecule has 1 aromatic carbocycles. The summed E-state index contributed by atoms with van der Waals surface area (Å²) in [6.07, 6.45) is 0.514. The fourth-order valence-corrected chi connectivity index (χ4v) is 2.58. The standard InChI is InChI=1S/C14H20F3NO3S/c1-13(2,3)11-6-5-10(22(19,20)14(15,16)17)9-12(11)21-8-4-7-18/h5-6,9H,4,7-8,18H2,1-3H3. The zero-order valence-corrected chi connectivity index (χ0v) is 13.5. The Morgan fingerprint density at radius 2 is 1.77 bits per heavy atom. The molecule has 22 heavy (non-hydrogen) atoms. The van der Waals surface area contributed by atoms with Crippen molar-refractivity contribution >= 4 is 9.84 Å². The van der Waals surface area contributed by atoms with Crippen LogP contribution in [0.2, 0.25) is 0 Å². The largest absolute Gasteiger partial charge is 0.501 e. The lowest BCUT2D eigenvalue weighted by Crippen LogP contribution is -2.24. The monoisotopic (exact) mass is 339 g/mol. The molecule has 0 aliphatic rings. The minimum absolute atomic E-state index is 0.131. The van der Waals surface area contributed by atoms with Gasteiger partial charge in [0.2, 0.25) is 0 Å². The number of nitrogens with two attached hydrogens (primary N) is 1. The van der Waals surface area contributed by atoms with E-state index in [-0.39, 0.29) is 12.4 Å². The molecule has 0 aromatic heterocycles. The summed E-state index contributed by atoms with van der Waals surface area (Å²) in [4.78, 5) is -0.823. The van der Waals surface area contributed by atoms with Crippen LogP contribution in [0.3, 0.4) is 0 Å². The Kier molecular flexibility index (Phi) is 5.51. The summed E-state index contributed by atoms with van der Waals surface area (Å²) in [6.45, 7) is 6.14. The number of benzene rings is 1. The normalized spacial score (nSPS) is 13.2. The summed E-state index contributed by atoms with van der Waals surface area (Å²) in [5.74, 6) is 0.131. The molecular formula is C14H20F3NO3S. The highest BCUT2D eigenvalue weighted by Gasteiger charge is 2.47. The van der Waals surface area contributed by atoms with E-state index < -0.39 is 25.7 Å². The Hall–Kier alpha value is -1.28. The van der Waals surface area contributed by atoms with Crippen LogP contribution in [-0.2, 0) is 15.3 Å². The van der Waals surface area contributed by atoms with Gasteiger partial charge in [-0.3, -0.25) is 0 Å². The van der Waals surface area contributed by atoms with Crippen LogP contribution in [0.5, 0.6) is 5.75 Å². The van der Waals surface area contributed by atoms with Gasteiger partial charge in [-0.1, -0.05) is 26.8 Å². The van der Waals surface area contributed by atoms with E-state index in [0.717, 1.165) is 12.1 Å². The average Bonchev–Trinajstić information content (AvgIpc) is 2.36. The Balaban J connectivity index is 3.34. The number of ether oxygens (including phenoxy) is 1. The molecular weight excluding hydrogens is 319 g/mol. The van der Waals surface area contributed by atoms with Crippen LogP contribution < -0.4 is 10.5 Å². The Bertz CT molecular complexity index is 619. The second-order valence-electron chi connectivity index (χ2n) is 5.85. The molecule has 0 spiro atoms. The molecule has 0 aliphatic heterocycles. The fraction of sp³-hybridized carbons (Fsp3) is 0.571. The summed E-state index contributed by atoms with van der Waals surface area (Å²) in [7, 11) is -5.40. The molecule has 2 N–H and O–H groups in total. The maximum atomic E-state index is 12.6. The van der Waals surface area contributed by atoms with Crippen molar-refractivity contribution < 1.29 is 26.3 Å². The van der Waals surface area contributed by atoms with Gasteiger partial charge < -0.3 is 10.5 Å². The van der Waals surface area contributed by atoms with Gasteiger partial charge in [0.25, 0.3) is 9.84 Å². The lowest BCUT2D eigenvalue weighted by Gasteiger charge is -2.23. The summed E-state index contributed by atoms with van der Waals surface area (Å²) in [5, 5.41) is 0. The number of hydrogen-bond donors (Lipinski definition) is 1. The molecule has 0 heterocycles. The van der Waals surface area contributed by atoms with Gasteiger partial charge in [0.1, 0.15) is 5.75 Å². The Morgan fingerprint density at radius 3 is 2.23 bits per heavy atom. The average molecular weight is 339 g/mol. The first-order valence-corrected chi connectivity index (χ1v) is 8.18. The van der Waals surface area contributed by atoms with Crippen molar-refractivity contribution in [3.8, 4) is 5.75 Å². The third-order valence-electron chi connectivity index (χ3n) is 2.98. The molecule has 0 bridgehead atoms. The van der Waals surface area contributed by atoms with Gasteiger partial charge in [-0.15, -0.1) is 0 Å². The number of sulfone groups is 1. The van der Waals surface area contributed by atoms with E-state index in [9.17, 15) is 21.6 Å². The van der Waals surface area contributed by atoms with Crippen LogP contribution in [0, 0.1) is 0 Å². The van der Waals surface area contributed by atoms with Crippen LogP contribution >= 0.6 is 0 Å². The Morgan fingerprint density at radius 1 is 1.18 bits per heavy atom. The molecule has 0 saturated carbocycles. The molecule has 1 rings (SSSR count). The molecule has 0 atom stereocenters. The predicted octanol–water partition coefficient (Wildman–Crippen LogP) is 3.01. The SMILES string of the molecule is CC(C)(C)c1ccc(S(=O)(=O)C(F)(F)F)cc1OCCCN. The van der Waals surface area contributed by atoms with E-state index >= 15 is 0 Å². The third-order valence-corrected chi connectivity index (χ3v) is 4.47. The number of alkyl halides is 3. The third kappa shape index (κ3) is 4.13. The van der Waals surface area contributed by atoms with Crippen LogP contribution in [0.25, 0.3) is 0 Å². The first kappa shape index (κ1) is 18.8. The van der Waals surface area contributed by atoms with Gasteiger partial charge in [0.15, 0.2) is 0 Å². The predicted molar refractivity (Wildman–Crippen MR) is 77.5 cm³/mol. The van der Waals surface area contributed by atoms with Crippen molar-refractivity contribution in [3.63, 3.8) is 0 Å². The number of hydrogen-bond acceptors (Lipinski definition) is 4. The summed E-state index contributed by atoms with van der Waals surface area (Å²) in [5.41, 5.74) is 0.232. The van der Waals surface area contributed by atoms with Crippen LogP contribution in [0.15, 0.2) is 23.1 Å². The lowest BCUT2D eigenvalue weighted by atomic mass is 9.86. The van der Waals surface area contributed by atoms with Gasteiger partial charge in [0, 0.05) is 0 Å². The molecule has 4 nitrogen and oxygen atoms in total. The quantitative estimate of drug-likeness (QED) is 0.837. The van der Waals surface area contributed by atoms with E-state index in [2.05, 4.69) is 0 Å². The van der Waals surface area contributed by atoms with E-state index in [4.69, 9.17) is 10.5 Å². The molecule has 1 aromatic rings. The van der Waals surface area contributed by atoms with Crippen molar-refractivity contribution in [1.82, 2.24) is 0 Å². The van der Waals surface area contributed by atoms with Crippen molar-refractivity contribution in [3.05, 3.63) is 23.8 Å². The first-order chi connectivity index (χ1) is 9.91. The van der Waals surface area contributed by atoms with Crippen molar-refractivity contribution in [2.24, 2.45) is 5.73 Å². The molecule has 126 valence electrons. The summed E-state index contributed by atoms with van der Waals surface area (Å²) < 4.78 is 66.4. The van der Waals surface area contributed by atoms with Crippen molar-refractivity contribution in [2.75, 3.05) is 13.2 Å². The Labute approximate surface area is 128 Å². The van der Waals surface area contributed by atoms with Crippen LogP contribution in [0.4, 0.5) is 13.2 Å². The van der Waals surface area contributed by atoms with Gasteiger partial charge in [-0.25, -0.2) is 8.42 Å². The molecule has 8 heteroatoms. The lowest BCUT2D eigenvalue weighted by molar-refractivity contribution is -0.0436. The highest BCUT2D eigenvalue weighted by Crippen LogP contribution is 2.37. The second kappa shape index (κ2) is 6.45. The number of rotatable bonds is 5. The summed E-state index contributed by atoms with van der Waals surface area (Å²) in [6, 6.07) is 3.25.